The highest BCUT2D eigenvalue weighted by Gasteiger charge is 2.22. The number of aliphatic hydroxyl groups is 1. The van der Waals surface area contributed by atoms with Gasteiger partial charge in [0.1, 0.15) is 5.69 Å². The van der Waals surface area contributed by atoms with E-state index in [1.807, 2.05) is 49.4 Å². The number of aliphatic hydroxyl groups excluding tert-OH is 1. The van der Waals surface area contributed by atoms with Crippen molar-refractivity contribution in [3.05, 3.63) is 87.8 Å². The molecule has 3 aromatic heterocycles. The molecule has 4 aromatic rings. The number of fused-ring (bicyclic) bond motifs is 1. The Morgan fingerprint density at radius 1 is 1.15 bits per heavy atom. The minimum atomic E-state index is -0.306. The number of halogens is 1. The fourth-order valence-corrected chi connectivity index (χ4v) is 6.45. The van der Waals surface area contributed by atoms with Crippen LogP contribution in [0.15, 0.2) is 54.9 Å². The summed E-state index contributed by atoms with van der Waals surface area (Å²) in [4.78, 5) is 40.8. The summed E-state index contributed by atoms with van der Waals surface area (Å²) in [6.45, 7) is 5.37. The molecule has 5 heterocycles. The molecule has 0 spiro atoms. The zero-order valence-electron chi connectivity index (χ0n) is 26.5. The van der Waals surface area contributed by atoms with Crippen LogP contribution in [0.4, 0.5) is 5.69 Å². The van der Waals surface area contributed by atoms with Crippen LogP contribution in [-0.4, -0.2) is 76.2 Å². The van der Waals surface area contributed by atoms with Crippen LogP contribution in [-0.2, 0) is 24.3 Å². The molecule has 2 aliphatic heterocycles. The summed E-state index contributed by atoms with van der Waals surface area (Å²) in [6, 6.07) is 13.3. The van der Waals surface area contributed by atoms with Gasteiger partial charge in [0.15, 0.2) is 0 Å². The largest absolute Gasteiger partial charge is 0.481 e. The van der Waals surface area contributed by atoms with E-state index < -0.39 is 0 Å². The van der Waals surface area contributed by atoms with Gasteiger partial charge < -0.3 is 25.8 Å². The van der Waals surface area contributed by atoms with E-state index in [0.717, 1.165) is 47.2 Å². The van der Waals surface area contributed by atoms with Crippen molar-refractivity contribution in [2.45, 2.75) is 45.3 Å². The van der Waals surface area contributed by atoms with Gasteiger partial charge in [0.25, 0.3) is 5.91 Å². The summed E-state index contributed by atoms with van der Waals surface area (Å²) in [5.74, 6) is 0.271. The number of benzene rings is 1. The van der Waals surface area contributed by atoms with E-state index in [2.05, 4.69) is 30.8 Å². The number of amides is 2. The Balaban J connectivity index is 1.19. The number of ether oxygens (including phenoxy) is 1. The van der Waals surface area contributed by atoms with Crippen molar-refractivity contribution >= 4 is 29.1 Å². The first-order valence-corrected chi connectivity index (χ1v) is 16.1. The molecule has 0 bridgehead atoms. The number of rotatable bonds is 11. The lowest BCUT2D eigenvalue weighted by Gasteiger charge is -2.28. The van der Waals surface area contributed by atoms with Crippen LogP contribution < -0.4 is 20.7 Å². The van der Waals surface area contributed by atoms with Crippen molar-refractivity contribution < 1.29 is 19.4 Å². The van der Waals surface area contributed by atoms with Gasteiger partial charge in [-0.3, -0.25) is 24.5 Å². The Labute approximate surface area is 278 Å². The van der Waals surface area contributed by atoms with Crippen molar-refractivity contribution in [1.82, 2.24) is 30.5 Å². The van der Waals surface area contributed by atoms with Gasteiger partial charge in [0.2, 0.25) is 11.8 Å². The summed E-state index contributed by atoms with van der Waals surface area (Å²) in [7, 11) is 1.58. The van der Waals surface area contributed by atoms with E-state index in [-0.39, 0.29) is 24.5 Å². The Hall–Kier alpha value is -4.42. The monoisotopic (exact) mass is 655 g/mol. The van der Waals surface area contributed by atoms with Crippen LogP contribution in [0.25, 0.3) is 22.5 Å². The summed E-state index contributed by atoms with van der Waals surface area (Å²) < 4.78 is 5.62. The molecule has 0 aliphatic carbocycles. The Bertz CT molecular complexity index is 1800. The smallest absolute Gasteiger partial charge is 0.274 e. The van der Waals surface area contributed by atoms with Gasteiger partial charge in [0.05, 0.1) is 30.1 Å². The summed E-state index contributed by atoms with van der Waals surface area (Å²) in [5.41, 5.74) is 7.53. The van der Waals surface area contributed by atoms with Gasteiger partial charge in [0, 0.05) is 80.0 Å². The number of carbonyl (C=O) groups is 2. The maximum atomic E-state index is 13.3. The number of hydrogen-bond donors (Lipinski definition) is 4. The SMILES string of the molecule is COc1nc(-c2ccnc(-c3cccc(NC(=O)c4cc5c(cn4)CCN(CCO)C5)c3C)c2Cl)ccc1CNC[C@H]1CCC(=O)N1. The van der Waals surface area contributed by atoms with Crippen LogP contribution in [0, 0.1) is 6.92 Å². The van der Waals surface area contributed by atoms with Crippen molar-refractivity contribution in [3.8, 4) is 28.4 Å². The molecule has 12 heteroatoms. The molecule has 1 fully saturated rings. The molecule has 0 saturated carbocycles. The van der Waals surface area contributed by atoms with Crippen molar-refractivity contribution in [3.63, 3.8) is 0 Å². The molecule has 2 aliphatic rings. The first kappa shape index (κ1) is 32.5. The molecular formula is C35H38ClN7O4. The molecular weight excluding hydrogens is 618 g/mol. The van der Waals surface area contributed by atoms with Crippen LogP contribution in [0.2, 0.25) is 5.02 Å². The minimum Gasteiger partial charge on any atom is -0.481 e. The summed E-state index contributed by atoms with van der Waals surface area (Å²) in [6.07, 6.45) is 5.71. The second kappa shape index (κ2) is 14.6. The molecule has 47 heavy (non-hydrogen) atoms. The lowest BCUT2D eigenvalue weighted by Crippen LogP contribution is -2.35. The number of nitrogens with one attached hydrogen (secondary N) is 3. The van der Waals surface area contributed by atoms with E-state index in [9.17, 15) is 14.7 Å². The first-order chi connectivity index (χ1) is 22.8. The van der Waals surface area contributed by atoms with Crippen molar-refractivity contribution in [1.29, 1.82) is 0 Å². The Morgan fingerprint density at radius 2 is 2.02 bits per heavy atom. The lowest BCUT2D eigenvalue weighted by molar-refractivity contribution is -0.119. The zero-order valence-corrected chi connectivity index (χ0v) is 27.2. The highest BCUT2D eigenvalue weighted by molar-refractivity contribution is 6.35. The van der Waals surface area contributed by atoms with Gasteiger partial charge in [-0.05, 0) is 60.7 Å². The standard InChI is InChI=1S/C35H38ClN7O4/c1-21-26(4-3-5-28(21)41-34(46)30-16-24-20-43(14-15-44)13-11-22(24)18-39-30)33-32(36)27(10-12-38-33)29-8-6-23(35(42-29)47-2)17-37-19-25-7-9-31(45)40-25/h3-6,8,10,12,16,18,25,37,44H,7,9,11,13-15,17,19-20H2,1-2H3,(H,40,45)(H,41,46)/t25-/m1/s1. The predicted octanol–water partition coefficient (Wildman–Crippen LogP) is 4.15. The van der Waals surface area contributed by atoms with Gasteiger partial charge >= 0.3 is 0 Å². The van der Waals surface area contributed by atoms with Crippen LogP contribution in [0.5, 0.6) is 5.88 Å². The molecule has 4 N–H and O–H groups in total. The molecule has 0 radical (unpaired) electrons. The minimum absolute atomic E-state index is 0.0933. The second-order valence-corrected chi connectivity index (χ2v) is 12.2. The third kappa shape index (κ3) is 7.28. The van der Waals surface area contributed by atoms with Gasteiger partial charge in [-0.25, -0.2) is 4.98 Å². The molecule has 244 valence electrons. The highest BCUT2D eigenvalue weighted by atomic mass is 35.5. The predicted molar refractivity (Wildman–Crippen MR) is 180 cm³/mol. The number of methoxy groups -OCH3 is 1. The van der Waals surface area contributed by atoms with E-state index >= 15 is 0 Å². The Kier molecular flexibility index (Phi) is 10.1. The average Bonchev–Trinajstić information content (AvgIpc) is 3.50. The molecule has 1 atom stereocenters. The highest BCUT2D eigenvalue weighted by Crippen LogP contribution is 2.38. The number of nitrogens with zero attached hydrogens (tertiary/aromatic N) is 4. The van der Waals surface area contributed by atoms with Crippen molar-refractivity contribution in [2.75, 3.05) is 38.7 Å². The third-order valence-corrected chi connectivity index (χ3v) is 9.13. The molecule has 6 rings (SSSR count). The maximum Gasteiger partial charge on any atom is 0.274 e. The number of aromatic nitrogens is 3. The fraction of sp³-hybridized carbons (Fsp3) is 0.343. The second-order valence-electron chi connectivity index (χ2n) is 11.8. The molecule has 11 nitrogen and oxygen atoms in total. The number of carbonyl (C=O) groups excluding carboxylic acids is 2. The van der Waals surface area contributed by atoms with Gasteiger partial charge in [-0.2, -0.15) is 0 Å². The van der Waals surface area contributed by atoms with E-state index in [4.69, 9.17) is 21.3 Å². The fourth-order valence-electron chi connectivity index (χ4n) is 6.14. The van der Waals surface area contributed by atoms with E-state index in [1.54, 1.807) is 19.5 Å². The van der Waals surface area contributed by atoms with Crippen LogP contribution in [0.3, 0.4) is 0 Å². The topological polar surface area (TPSA) is 142 Å². The molecule has 1 saturated heterocycles. The van der Waals surface area contributed by atoms with Crippen LogP contribution >= 0.6 is 11.6 Å². The molecule has 0 unspecified atom stereocenters. The first-order valence-electron chi connectivity index (χ1n) is 15.8. The molecule has 2 amide bonds. The lowest BCUT2D eigenvalue weighted by atomic mass is 10.00. The number of anilines is 1. The number of β-amino-alcohol motifs (C(OH)–C–C–N with tert-alkyl or cyclic N) is 1. The Morgan fingerprint density at radius 3 is 2.81 bits per heavy atom. The zero-order chi connectivity index (χ0) is 32.9. The molecule has 1 aromatic carbocycles. The maximum absolute atomic E-state index is 13.3. The van der Waals surface area contributed by atoms with Gasteiger partial charge in [-0.15, -0.1) is 0 Å². The normalized spacial score (nSPS) is 16.1. The average molecular weight is 656 g/mol. The number of pyridine rings is 3. The third-order valence-electron chi connectivity index (χ3n) is 8.75. The summed E-state index contributed by atoms with van der Waals surface area (Å²) >= 11 is 7.00. The summed E-state index contributed by atoms with van der Waals surface area (Å²) in [5, 5.41) is 19.1. The van der Waals surface area contributed by atoms with Crippen molar-refractivity contribution in [2.24, 2.45) is 0 Å². The van der Waals surface area contributed by atoms with Gasteiger partial charge in [-0.1, -0.05) is 29.8 Å². The van der Waals surface area contributed by atoms with Crippen LogP contribution in [0.1, 0.15) is 45.6 Å². The van der Waals surface area contributed by atoms with E-state index in [0.29, 0.717) is 71.8 Å². The van der Waals surface area contributed by atoms with E-state index in [1.165, 1.54) is 0 Å². The quantitative estimate of drug-likeness (QED) is 0.188. The number of hydrogen-bond acceptors (Lipinski definition) is 9.